The molecule has 0 bridgehead atoms. The first-order chi connectivity index (χ1) is 9.78. The van der Waals surface area contributed by atoms with Crippen LogP contribution < -0.4 is 5.32 Å². The van der Waals surface area contributed by atoms with Crippen molar-refractivity contribution in [2.24, 2.45) is 0 Å². The molecule has 21 heavy (non-hydrogen) atoms. The SMILES string of the molecule is Cc1cc(CS(=O)(=O)[C@H](C)C(=O)Nc2cc(C)on2)on1. The number of rotatable bonds is 5. The number of carbonyl (C=O) groups excluding carboxylic acids is 1. The molecule has 0 unspecified atom stereocenters. The Kier molecular flexibility index (Phi) is 4.12. The number of amides is 1. The Bertz CT molecular complexity index is 747. The second-order valence-electron chi connectivity index (χ2n) is 4.70. The fourth-order valence-corrected chi connectivity index (χ4v) is 2.79. The number of aromatic nitrogens is 2. The van der Waals surface area contributed by atoms with Crippen molar-refractivity contribution in [3.8, 4) is 0 Å². The normalized spacial score (nSPS) is 13.1. The Morgan fingerprint density at radius 1 is 1.29 bits per heavy atom. The van der Waals surface area contributed by atoms with Crippen LogP contribution in [-0.4, -0.2) is 29.9 Å². The molecule has 0 fully saturated rings. The third-order valence-corrected chi connectivity index (χ3v) is 4.79. The Morgan fingerprint density at radius 3 is 2.52 bits per heavy atom. The fraction of sp³-hybridized carbons (Fsp3) is 0.417. The lowest BCUT2D eigenvalue weighted by Gasteiger charge is -2.10. The highest BCUT2D eigenvalue weighted by molar-refractivity contribution is 7.92. The van der Waals surface area contributed by atoms with E-state index in [4.69, 9.17) is 9.05 Å². The molecule has 0 saturated heterocycles. The number of carbonyl (C=O) groups is 1. The number of aryl methyl sites for hydroxylation is 2. The molecule has 0 aliphatic rings. The minimum absolute atomic E-state index is 0.176. The van der Waals surface area contributed by atoms with Crippen LogP contribution in [0.2, 0.25) is 0 Å². The summed E-state index contributed by atoms with van der Waals surface area (Å²) in [5.74, 6) is -0.183. The van der Waals surface area contributed by atoms with Gasteiger partial charge < -0.3 is 14.4 Å². The van der Waals surface area contributed by atoms with Gasteiger partial charge in [-0.1, -0.05) is 10.3 Å². The van der Waals surface area contributed by atoms with E-state index in [9.17, 15) is 13.2 Å². The largest absolute Gasteiger partial charge is 0.360 e. The van der Waals surface area contributed by atoms with Crippen molar-refractivity contribution in [3.05, 3.63) is 29.3 Å². The monoisotopic (exact) mass is 313 g/mol. The van der Waals surface area contributed by atoms with Crippen LogP contribution in [0.25, 0.3) is 0 Å². The van der Waals surface area contributed by atoms with Crippen molar-refractivity contribution in [3.63, 3.8) is 0 Å². The second-order valence-corrected chi connectivity index (χ2v) is 7.02. The van der Waals surface area contributed by atoms with E-state index in [0.29, 0.717) is 11.5 Å². The van der Waals surface area contributed by atoms with Gasteiger partial charge in [-0.05, 0) is 20.8 Å². The number of nitrogens with one attached hydrogen (secondary N) is 1. The van der Waals surface area contributed by atoms with E-state index in [-0.39, 0.29) is 17.3 Å². The van der Waals surface area contributed by atoms with Gasteiger partial charge in [0, 0.05) is 12.1 Å². The van der Waals surface area contributed by atoms with Gasteiger partial charge in [0.05, 0.1) is 5.69 Å². The van der Waals surface area contributed by atoms with Crippen LogP contribution >= 0.6 is 0 Å². The molecular formula is C12H15N3O5S. The molecule has 0 aliphatic carbocycles. The molecular weight excluding hydrogens is 298 g/mol. The maximum atomic E-state index is 12.2. The van der Waals surface area contributed by atoms with E-state index in [1.165, 1.54) is 19.1 Å². The Morgan fingerprint density at radius 2 is 2.00 bits per heavy atom. The third-order valence-electron chi connectivity index (χ3n) is 2.81. The van der Waals surface area contributed by atoms with Crippen molar-refractivity contribution in [1.82, 2.24) is 10.3 Å². The van der Waals surface area contributed by atoms with Gasteiger partial charge in [0.25, 0.3) is 0 Å². The summed E-state index contributed by atoms with van der Waals surface area (Å²) in [5, 5.41) is 8.33. The van der Waals surface area contributed by atoms with Crippen LogP contribution in [0, 0.1) is 13.8 Å². The van der Waals surface area contributed by atoms with Gasteiger partial charge in [-0.25, -0.2) is 8.42 Å². The Hall–Kier alpha value is -2.16. The summed E-state index contributed by atoms with van der Waals surface area (Å²) < 4.78 is 34.0. The molecule has 0 aromatic carbocycles. The minimum atomic E-state index is -3.72. The standard InChI is InChI=1S/C12H15N3O5S/c1-7-4-10(20-14-7)6-21(17,18)9(3)12(16)13-11-5-8(2)19-15-11/h4-5,9H,6H2,1-3H3,(H,13,15,16)/t9-/m1/s1. The predicted octanol–water partition coefficient (Wildman–Crippen LogP) is 1.22. The quantitative estimate of drug-likeness (QED) is 0.882. The molecule has 114 valence electrons. The molecule has 8 nitrogen and oxygen atoms in total. The Balaban J connectivity index is 2.06. The molecule has 9 heteroatoms. The van der Waals surface area contributed by atoms with Crippen molar-refractivity contribution in [2.75, 3.05) is 5.32 Å². The highest BCUT2D eigenvalue weighted by Gasteiger charge is 2.30. The van der Waals surface area contributed by atoms with Crippen LogP contribution in [0.3, 0.4) is 0 Å². The van der Waals surface area contributed by atoms with Gasteiger partial charge in [0.2, 0.25) is 5.91 Å². The highest BCUT2D eigenvalue weighted by Crippen LogP contribution is 2.14. The summed E-state index contributed by atoms with van der Waals surface area (Å²) in [7, 11) is -3.72. The lowest BCUT2D eigenvalue weighted by Crippen LogP contribution is -2.33. The van der Waals surface area contributed by atoms with Gasteiger partial charge in [0.15, 0.2) is 21.4 Å². The highest BCUT2D eigenvalue weighted by atomic mass is 32.2. The maximum absolute atomic E-state index is 12.2. The summed E-state index contributed by atoms with van der Waals surface area (Å²) in [4.78, 5) is 11.9. The van der Waals surface area contributed by atoms with Gasteiger partial charge in [-0.3, -0.25) is 4.79 Å². The molecule has 1 N–H and O–H groups in total. The van der Waals surface area contributed by atoms with Crippen LogP contribution in [-0.2, 0) is 20.4 Å². The lowest BCUT2D eigenvalue weighted by molar-refractivity contribution is -0.115. The summed E-state index contributed by atoms with van der Waals surface area (Å²) >= 11 is 0. The van der Waals surface area contributed by atoms with Crippen molar-refractivity contribution in [2.45, 2.75) is 31.8 Å². The lowest BCUT2D eigenvalue weighted by atomic mass is 10.4. The molecule has 0 aliphatic heterocycles. The number of nitrogens with zero attached hydrogens (tertiary/aromatic N) is 2. The molecule has 2 rings (SSSR count). The number of sulfone groups is 1. The molecule has 0 saturated carbocycles. The summed E-state index contributed by atoms with van der Waals surface area (Å²) in [6, 6.07) is 3.01. The first-order valence-corrected chi connectivity index (χ1v) is 7.87. The van der Waals surface area contributed by atoms with Gasteiger partial charge >= 0.3 is 0 Å². The molecule has 1 atom stereocenters. The van der Waals surface area contributed by atoms with E-state index in [1.807, 2.05) is 0 Å². The van der Waals surface area contributed by atoms with Crippen molar-refractivity contribution in [1.29, 1.82) is 0 Å². The van der Waals surface area contributed by atoms with Crippen LogP contribution in [0.15, 0.2) is 21.2 Å². The van der Waals surface area contributed by atoms with E-state index >= 15 is 0 Å². The van der Waals surface area contributed by atoms with Gasteiger partial charge in [0.1, 0.15) is 16.8 Å². The first kappa shape index (κ1) is 15.2. The predicted molar refractivity (Wildman–Crippen MR) is 73.2 cm³/mol. The van der Waals surface area contributed by atoms with E-state index in [1.54, 1.807) is 13.8 Å². The third kappa shape index (κ3) is 3.69. The number of hydrogen-bond donors (Lipinski definition) is 1. The topological polar surface area (TPSA) is 115 Å². The molecule has 2 aromatic rings. The first-order valence-electron chi connectivity index (χ1n) is 6.16. The zero-order chi connectivity index (χ0) is 15.6. The second kappa shape index (κ2) is 5.68. The van der Waals surface area contributed by atoms with Crippen LogP contribution in [0.5, 0.6) is 0 Å². The number of hydrogen-bond acceptors (Lipinski definition) is 7. The average Bonchev–Trinajstić information content (AvgIpc) is 2.97. The van der Waals surface area contributed by atoms with Crippen LogP contribution in [0.1, 0.15) is 24.1 Å². The molecule has 0 spiro atoms. The van der Waals surface area contributed by atoms with Gasteiger partial charge in [-0.15, -0.1) is 0 Å². The molecule has 2 aromatic heterocycles. The summed E-state index contributed by atoms with van der Waals surface area (Å²) in [5.41, 5.74) is 0.579. The molecule has 2 heterocycles. The van der Waals surface area contributed by atoms with Crippen molar-refractivity contribution >= 4 is 21.6 Å². The zero-order valence-corrected chi connectivity index (χ0v) is 12.6. The zero-order valence-electron chi connectivity index (χ0n) is 11.8. The average molecular weight is 313 g/mol. The fourth-order valence-electron chi connectivity index (χ4n) is 1.62. The van der Waals surface area contributed by atoms with E-state index in [2.05, 4.69) is 15.6 Å². The van der Waals surface area contributed by atoms with E-state index < -0.39 is 21.0 Å². The van der Waals surface area contributed by atoms with Crippen molar-refractivity contribution < 1.29 is 22.3 Å². The van der Waals surface area contributed by atoms with Gasteiger partial charge in [-0.2, -0.15) is 0 Å². The summed E-state index contributed by atoms with van der Waals surface area (Å²) in [6.07, 6.45) is 0. The summed E-state index contributed by atoms with van der Waals surface area (Å²) in [6.45, 7) is 4.65. The van der Waals surface area contributed by atoms with Crippen LogP contribution in [0.4, 0.5) is 5.82 Å². The van der Waals surface area contributed by atoms with E-state index in [0.717, 1.165) is 0 Å². The smallest absolute Gasteiger partial charge is 0.243 e. The maximum Gasteiger partial charge on any atom is 0.243 e. The molecule has 1 amide bonds. The minimum Gasteiger partial charge on any atom is -0.360 e. The Labute approximate surface area is 121 Å². The molecule has 0 radical (unpaired) electrons. The number of anilines is 1.